The number of hydrogen-bond donors (Lipinski definition) is 1. The number of hydrogen-bond acceptors (Lipinski definition) is 4. The first-order chi connectivity index (χ1) is 13.4. The molecule has 1 aliphatic rings. The van der Waals surface area contributed by atoms with E-state index >= 15 is 0 Å². The van der Waals surface area contributed by atoms with Crippen LogP contribution in [0.15, 0.2) is 36.0 Å². The first-order valence-corrected chi connectivity index (χ1v) is 9.18. The molecule has 1 saturated heterocycles. The summed E-state index contributed by atoms with van der Waals surface area (Å²) in [6.07, 6.45) is 1.70. The van der Waals surface area contributed by atoms with Gasteiger partial charge in [-0.1, -0.05) is 0 Å². The van der Waals surface area contributed by atoms with E-state index in [0.29, 0.717) is 18.7 Å². The number of urea groups is 1. The van der Waals surface area contributed by atoms with E-state index in [9.17, 15) is 14.4 Å². The van der Waals surface area contributed by atoms with Crippen LogP contribution in [0.1, 0.15) is 41.2 Å². The number of ether oxygens (including phenoxy) is 1. The Morgan fingerprint density at radius 1 is 1.14 bits per heavy atom. The summed E-state index contributed by atoms with van der Waals surface area (Å²) in [6, 6.07) is 8.71. The molecule has 0 radical (unpaired) electrons. The maximum absolute atomic E-state index is 12.3. The maximum atomic E-state index is 12.3. The Morgan fingerprint density at radius 3 is 2.39 bits per heavy atom. The second kappa shape index (κ2) is 7.72. The molecule has 3 amide bonds. The molecule has 7 heteroatoms. The predicted octanol–water partition coefficient (Wildman–Crippen LogP) is 3.18. The van der Waals surface area contributed by atoms with Crippen LogP contribution in [0.4, 0.5) is 4.79 Å². The van der Waals surface area contributed by atoms with E-state index in [2.05, 4.69) is 5.32 Å². The van der Waals surface area contributed by atoms with Gasteiger partial charge in [0, 0.05) is 23.6 Å². The summed E-state index contributed by atoms with van der Waals surface area (Å²) in [7, 11) is 0. The lowest BCUT2D eigenvalue weighted by Crippen LogP contribution is -2.30. The lowest BCUT2D eigenvalue weighted by molar-refractivity contribution is -0.122. The van der Waals surface area contributed by atoms with Gasteiger partial charge in [-0.15, -0.1) is 0 Å². The van der Waals surface area contributed by atoms with Crippen molar-refractivity contribution < 1.29 is 19.1 Å². The van der Waals surface area contributed by atoms with Gasteiger partial charge in [0.1, 0.15) is 5.70 Å². The van der Waals surface area contributed by atoms with Crippen molar-refractivity contribution in [2.24, 2.45) is 0 Å². The van der Waals surface area contributed by atoms with Crippen molar-refractivity contribution in [3.63, 3.8) is 0 Å². The Balaban J connectivity index is 1.93. The van der Waals surface area contributed by atoms with Crippen molar-refractivity contribution in [3.8, 4) is 5.69 Å². The van der Waals surface area contributed by atoms with Crippen LogP contribution < -0.4 is 5.32 Å². The molecule has 146 valence electrons. The molecule has 28 heavy (non-hydrogen) atoms. The van der Waals surface area contributed by atoms with Gasteiger partial charge in [-0.2, -0.15) is 0 Å². The molecule has 0 unspecified atom stereocenters. The standard InChI is InChI=1S/C21H23N3O4/c1-5-23-19(25)18(22-21(23)27)12-16-11-13(3)24(14(16)4)17-9-7-15(8-10-17)20(26)28-6-2/h7-12H,5-6H2,1-4H3,(H,22,27)/b18-12+. The van der Waals surface area contributed by atoms with Gasteiger partial charge < -0.3 is 14.6 Å². The predicted molar refractivity (Wildman–Crippen MR) is 105 cm³/mol. The number of carbonyl (C=O) groups excluding carboxylic acids is 3. The fourth-order valence-corrected chi connectivity index (χ4v) is 3.31. The van der Waals surface area contributed by atoms with Crippen LogP contribution in [0.25, 0.3) is 11.8 Å². The second-order valence-corrected chi connectivity index (χ2v) is 6.47. The summed E-state index contributed by atoms with van der Waals surface area (Å²) in [5.41, 5.74) is 4.39. The number of esters is 1. The number of carbonyl (C=O) groups is 3. The fourth-order valence-electron chi connectivity index (χ4n) is 3.31. The minimum Gasteiger partial charge on any atom is -0.462 e. The largest absolute Gasteiger partial charge is 0.462 e. The number of rotatable bonds is 5. The SMILES string of the molecule is CCOC(=O)c1ccc(-n2c(C)cc(/C=C3/NC(=O)N(CC)C3=O)c2C)cc1. The Hall–Kier alpha value is -3.35. The molecule has 0 atom stereocenters. The number of aryl methyl sites for hydroxylation is 1. The van der Waals surface area contributed by atoms with Gasteiger partial charge in [0.05, 0.1) is 12.2 Å². The zero-order valence-corrected chi connectivity index (χ0v) is 16.4. The van der Waals surface area contributed by atoms with E-state index in [4.69, 9.17) is 4.74 Å². The van der Waals surface area contributed by atoms with Gasteiger partial charge in [0.15, 0.2) is 0 Å². The smallest absolute Gasteiger partial charge is 0.338 e. The number of amides is 3. The Labute approximate surface area is 163 Å². The van der Waals surface area contributed by atoms with Crippen molar-refractivity contribution in [2.45, 2.75) is 27.7 Å². The number of aromatic nitrogens is 1. The molecule has 1 aliphatic heterocycles. The third kappa shape index (κ3) is 3.43. The molecule has 0 aliphatic carbocycles. The molecule has 0 saturated carbocycles. The van der Waals surface area contributed by atoms with Crippen molar-refractivity contribution in [3.05, 3.63) is 58.5 Å². The zero-order valence-electron chi connectivity index (χ0n) is 16.4. The third-order valence-electron chi connectivity index (χ3n) is 4.69. The topological polar surface area (TPSA) is 80.6 Å². The lowest BCUT2D eigenvalue weighted by atomic mass is 10.2. The van der Waals surface area contributed by atoms with E-state index in [1.807, 2.05) is 36.6 Å². The van der Waals surface area contributed by atoms with E-state index in [-0.39, 0.29) is 17.6 Å². The van der Waals surface area contributed by atoms with Crippen LogP contribution in [-0.2, 0) is 9.53 Å². The number of likely N-dealkylation sites (N-methyl/N-ethyl adjacent to an activating group) is 1. The number of nitrogens with one attached hydrogen (secondary N) is 1. The van der Waals surface area contributed by atoms with E-state index in [1.165, 1.54) is 4.90 Å². The highest BCUT2D eigenvalue weighted by Gasteiger charge is 2.32. The summed E-state index contributed by atoms with van der Waals surface area (Å²) in [5.74, 6) is -0.674. The summed E-state index contributed by atoms with van der Waals surface area (Å²) in [5, 5.41) is 2.62. The normalized spacial score (nSPS) is 15.3. The van der Waals surface area contributed by atoms with E-state index in [1.54, 1.807) is 32.1 Å². The van der Waals surface area contributed by atoms with Gasteiger partial charge in [0.2, 0.25) is 0 Å². The van der Waals surface area contributed by atoms with Crippen molar-refractivity contribution >= 4 is 24.0 Å². The molecular weight excluding hydrogens is 358 g/mol. The Morgan fingerprint density at radius 2 is 1.82 bits per heavy atom. The summed E-state index contributed by atoms with van der Waals surface area (Å²) < 4.78 is 7.04. The molecule has 2 heterocycles. The monoisotopic (exact) mass is 381 g/mol. The molecule has 3 rings (SSSR count). The van der Waals surface area contributed by atoms with E-state index < -0.39 is 6.03 Å². The summed E-state index contributed by atoms with van der Waals surface area (Å²) >= 11 is 0. The van der Waals surface area contributed by atoms with E-state index in [0.717, 1.165) is 22.6 Å². The summed E-state index contributed by atoms with van der Waals surface area (Å²) in [4.78, 5) is 37.1. The first-order valence-electron chi connectivity index (χ1n) is 9.18. The highest BCUT2D eigenvalue weighted by molar-refractivity contribution is 6.14. The third-order valence-corrected chi connectivity index (χ3v) is 4.69. The van der Waals surface area contributed by atoms with Gasteiger partial charge in [0.25, 0.3) is 5.91 Å². The molecular formula is C21H23N3O4. The first kappa shape index (κ1) is 19.4. The van der Waals surface area contributed by atoms with Gasteiger partial charge in [-0.3, -0.25) is 9.69 Å². The zero-order chi connectivity index (χ0) is 20.4. The van der Waals surface area contributed by atoms with Crippen LogP contribution >= 0.6 is 0 Å². The lowest BCUT2D eigenvalue weighted by Gasteiger charge is -2.10. The van der Waals surface area contributed by atoms with Crippen molar-refractivity contribution in [2.75, 3.05) is 13.2 Å². The number of imide groups is 1. The molecule has 0 spiro atoms. The molecule has 1 aromatic carbocycles. The Kier molecular flexibility index (Phi) is 5.35. The van der Waals surface area contributed by atoms with Crippen LogP contribution in [0.5, 0.6) is 0 Å². The summed E-state index contributed by atoms with van der Waals surface area (Å²) in [6.45, 7) is 8.09. The maximum Gasteiger partial charge on any atom is 0.338 e. The van der Waals surface area contributed by atoms with Crippen LogP contribution in [-0.4, -0.2) is 40.5 Å². The highest BCUT2D eigenvalue weighted by Crippen LogP contribution is 2.24. The van der Waals surface area contributed by atoms with Gasteiger partial charge >= 0.3 is 12.0 Å². The number of benzene rings is 1. The van der Waals surface area contributed by atoms with Gasteiger partial charge in [-0.05, 0) is 69.7 Å². The van der Waals surface area contributed by atoms with Crippen LogP contribution in [0, 0.1) is 13.8 Å². The minimum absolute atomic E-state index is 0.268. The Bertz CT molecular complexity index is 970. The average Bonchev–Trinajstić information content (AvgIpc) is 3.10. The number of nitrogens with zero attached hydrogens (tertiary/aromatic N) is 2. The molecule has 0 bridgehead atoms. The fraction of sp³-hybridized carbons (Fsp3) is 0.286. The van der Waals surface area contributed by atoms with Crippen LogP contribution in [0.3, 0.4) is 0 Å². The average molecular weight is 381 g/mol. The minimum atomic E-state index is -0.401. The quantitative estimate of drug-likeness (QED) is 0.490. The van der Waals surface area contributed by atoms with Crippen molar-refractivity contribution in [1.29, 1.82) is 0 Å². The van der Waals surface area contributed by atoms with Gasteiger partial charge in [-0.25, -0.2) is 9.59 Å². The molecule has 1 N–H and O–H groups in total. The second-order valence-electron chi connectivity index (χ2n) is 6.47. The molecule has 7 nitrogen and oxygen atoms in total. The molecule has 1 fully saturated rings. The molecule has 2 aromatic rings. The van der Waals surface area contributed by atoms with Crippen LogP contribution in [0.2, 0.25) is 0 Å². The molecule has 1 aromatic heterocycles. The van der Waals surface area contributed by atoms with Crippen molar-refractivity contribution in [1.82, 2.24) is 14.8 Å². The highest BCUT2D eigenvalue weighted by atomic mass is 16.5.